The lowest BCUT2D eigenvalue weighted by Crippen LogP contribution is -2.36. The van der Waals surface area contributed by atoms with E-state index < -0.39 is 17.3 Å². The quantitative estimate of drug-likeness (QED) is 0.595. The Hall–Kier alpha value is -2.18. The van der Waals surface area contributed by atoms with Crippen molar-refractivity contribution in [2.24, 2.45) is 21.5 Å². The largest absolute Gasteiger partial charge is 0.369 e. The van der Waals surface area contributed by atoms with Crippen LogP contribution in [0.5, 0.6) is 0 Å². The summed E-state index contributed by atoms with van der Waals surface area (Å²) < 4.78 is 26.7. The summed E-state index contributed by atoms with van der Waals surface area (Å²) >= 11 is 0. The first-order chi connectivity index (χ1) is 9.08. The Morgan fingerprint density at radius 1 is 1.11 bits per heavy atom. The monoisotopic (exact) mass is 267 g/mol. The summed E-state index contributed by atoms with van der Waals surface area (Å²) in [5.41, 5.74) is 10.8. The average Bonchev–Trinajstić information content (AvgIpc) is 2.88. The summed E-state index contributed by atoms with van der Waals surface area (Å²) in [6, 6.07) is 3.45. The summed E-state index contributed by atoms with van der Waals surface area (Å²) in [5.74, 6) is -1.64. The van der Waals surface area contributed by atoms with Crippen molar-refractivity contribution in [3.05, 3.63) is 29.8 Å². The highest BCUT2D eigenvalue weighted by Gasteiger charge is 2.14. The van der Waals surface area contributed by atoms with Gasteiger partial charge in [-0.15, -0.1) is 0 Å². The van der Waals surface area contributed by atoms with E-state index in [1.165, 1.54) is 6.07 Å². The first-order valence-corrected chi connectivity index (χ1v) is 5.95. The third-order valence-corrected chi connectivity index (χ3v) is 2.82. The maximum Gasteiger partial charge on any atom is 0.223 e. The van der Waals surface area contributed by atoms with Crippen molar-refractivity contribution < 1.29 is 8.78 Å². The van der Waals surface area contributed by atoms with Crippen molar-refractivity contribution in [3.8, 4) is 0 Å². The van der Waals surface area contributed by atoms with E-state index in [0.717, 1.165) is 38.1 Å². The molecule has 0 atom stereocenters. The molecule has 0 aromatic heterocycles. The number of para-hydroxylation sites is 1. The van der Waals surface area contributed by atoms with Crippen LogP contribution >= 0.6 is 0 Å². The van der Waals surface area contributed by atoms with Crippen LogP contribution in [0.1, 0.15) is 12.8 Å². The van der Waals surface area contributed by atoms with E-state index in [0.29, 0.717) is 0 Å². The molecular formula is C12H15F2N5. The van der Waals surface area contributed by atoms with Gasteiger partial charge in [-0.2, -0.15) is 4.99 Å². The Labute approximate surface area is 109 Å². The normalized spacial score (nSPS) is 17.1. The summed E-state index contributed by atoms with van der Waals surface area (Å²) in [5, 5.41) is 0. The number of guanidine groups is 2. The molecule has 102 valence electrons. The van der Waals surface area contributed by atoms with Crippen LogP contribution in [0.25, 0.3) is 0 Å². The Morgan fingerprint density at radius 3 is 2.26 bits per heavy atom. The van der Waals surface area contributed by atoms with E-state index >= 15 is 0 Å². The summed E-state index contributed by atoms with van der Waals surface area (Å²) in [6.07, 6.45) is 2.07. The zero-order chi connectivity index (χ0) is 13.8. The third-order valence-electron chi connectivity index (χ3n) is 2.82. The molecule has 1 aliphatic rings. The van der Waals surface area contributed by atoms with Crippen molar-refractivity contribution in [1.82, 2.24) is 4.90 Å². The SMILES string of the molecule is NC(=Nc1c(F)cccc1F)/N=C(\N)N1CCCC1. The average molecular weight is 267 g/mol. The molecule has 0 unspecified atom stereocenters. The second-order valence-corrected chi connectivity index (χ2v) is 4.20. The molecular weight excluding hydrogens is 252 g/mol. The highest BCUT2D eigenvalue weighted by atomic mass is 19.1. The maximum absolute atomic E-state index is 13.4. The highest BCUT2D eigenvalue weighted by molar-refractivity contribution is 5.94. The fraction of sp³-hybridized carbons (Fsp3) is 0.333. The number of rotatable bonds is 1. The Balaban J connectivity index is 2.21. The molecule has 0 bridgehead atoms. The fourth-order valence-electron chi connectivity index (χ4n) is 1.87. The van der Waals surface area contributed by atoms with Gasteiger partial charge in [0.05, 0.1) is 0 Å². The van der Waals surface area contributed by atoms with Crippen LogP contribution < -0.4 is 11.5 Å². The minimum absolute atomic E-state index is 0.218. The Morgan fingerprint density at radius 2 is 1.68 bits per heavy atom. The highest BCUT2D eigenvalue weighted by Crippen LogP contribution is 2.21. The topological polar surface area (TPSA) is 80.0 Å². The second-order valence-electron chi connectivity index (χ2n) is 4.20. The molecule has 2 rings (SSSR count). The fourth-order valence-corrected chi connectivity index (χ4v) is 1.87. The van der Waals surface area contributed by atoms with Crippen molar-refractivity contribution in [3.63, 3.8) is 0 Å². The summed E-state index contributed by atoms with van der Waals surface area (Å²) in [7, 11) is 0. The molecule has 0 aliphatic carbocycles. The van der Waals surface area contributed by atoms with Gasteiger partial charge in [0.2, 0.25) is 5.96 Å². The van der Waals surface area contributed by atoms with Gasteiger partial charge < -0.3 is 16.4 Å². The van der Waals surface area contributed by atoms with Gasteiger partial charge >= 0.3 is 0 Å². The first kappa shape index (κ1) is 13.3. The first-order valence-electron chi connectivity index (χ1n) is 5.95. The van der Waals surface area contributed by atoms with Crippen LogP contribution in [0.15, 0.2) is 28.2 Å². The molecule has 0 amide bonds. The van der Waals surface area contributed by atoms with Crippen molar-refractivity contribution >= 4 is 17.6 Å². The van der Waals surface area contributed by atoms with Crippen molar-refractivity contribution in [2.45, 2.75) is 12.8 Å². The van der Waals surface area contributed by atoms with Crippen molar-refractivity contribution in [2.75, 3.05) is 13.1 Å². The van der Waals surface area contributed by atoms with Gasteiger partial charge in [-0.1, -0.05) is 6.07 Å². The van der Waals surface area contributed by atoms with E-state index in [9.17, 15) is 8.78 Å². The minimum Gasteiger partial charge on any atom is -0.369 e. The van der Waals surface area contributed by atoms with E-state index in [1.54, 1.807) is 0 Å². The van der Waals surface area contributed by atoms with Crippen LogP contribution in [-0.4, -0.2) is 29.9 Å². The number of halogens is 2. The molecule has 1 aromatic carbocycles. The predicted octanol–water partition coefficient (Wildman–Crippen LogP) is 1.32. The lowest BCUT2D eigenvalue weighted by atomic mass is 10.3. The predicted molar refractivity (Wildman–Crippen MR) is 70.1 cm³/mol. The second kappa shape index (κ2) is 5.64. The van der Waals surface area contributed by atoms with Gasteiger partial charge in [-0.05, 0) is 25.0 Å². The van der Waals surface area contributed by atoms with Crippen LogP contribution in [0.2, 0.25) is 0 Å². The van der Waals surface area contributed by atoms with E-state index in [-0.39, 0.29) is 11.9 Å². The molecule has 5 nitrogen and oxygen atoms in total. The number of hydrogen-bond acceptors (Lipinski definition) is 1. The molecule has 0 saturated carbocycles. The molecule has 1 fully saturated rings. The lowest BCUT2D eigenvalue weighted by Gasteiger charge is -2.15. The molecule has 0 radical (unpaired) electrons. The Bertz CT molecular complexity index is 501. The third kappa shape index (κ3) is 3.18. The number of nitrogens with zero attached hydrogens (tertiary/aromatic N) is 3. The van der Waals surface area contributed by atoms with Crippen LogP contribution in [-0.2, 0) is 0 Å². The zero-order valence-electron chi connectivity index (χ0n) is 10.3. The lowest BCUT2D eigenvalue weighted by molar-refractivity contribution is 0.514. The van der Waals surface area contributed by atoms with Crippen LogP contribution in [0, 0.1) is 11.6 Å². The molecule has 1 saturated heterocycles. The Kier molecular flexibility index (Phi) is 3.94. The van der Waals surface area contributed by atoms with Gasteiger partial charge in [0, 0.05) is 13.1 Å². The van der Waals surface area contributed by atoms with Gasteiger partial charge in [-0.3, -0.25) is 0 Å². The van der Waals surface area contributed by atoms with E-state index in [2.05, 4.69) is 9.98 Å². The summed E-state index contributed by atoms with van der Waals surface area (Å²) in [6.45, 7) is 1.60. The molecule has 7 heteroatoms. The van der Waals surface area contributed by atoms with Crippen molar-refractivity contribution in [1.29, 1.82) is 0 Å². The standard InChI is InChI=1S/C12H15F2N5/c13-8-4-3-5-9(14)10(8)17-11(15)18-12(16)19-6-1-2-7-19/h3-5H,1-2,6-7H2,(H4,15,16,17,18). The van der Waals surface area contributed by atoms with Crippen LogP contribution in [0.3, 0.4) is 0 Å². The number of hydrogen-bond donors (Lipinski definition) is 2. The number of benzene rings is 1. The number of nitrogens with two attached hydrogens (primary N) is 2. The van der Waals surface area contributed by atoms with Gasteiger partial charge in [-0.25, -0.2) is 13.8 Å². The molecule has 0 spiro atoms. The van der Waals surface area contributed by atoms with E-state index in [1.807, 2.05) is 4.90 Å². The molecule has 1 aromatic rings. The van der Waals surface area contributed by atoms with Crippen LogP contribution in [0.4, 0.5) is 14.5 Å². The van der Waals surface area contributed by atoms with E-state index in [4.69, 9.17) is 11.5 Å². The van der Waals surface area contributed by atoms with Gasteiger partial charge in [0.25, 0.3) is 0 Å². The number of likely N-dealkylation sites (tertiary alicyclic amines) is 1. The number of aliphatic imine (C=N–C) groups is 2. The zero-order valence-corrected chi connectivity index (χ0v) is 10.3. The minimum atomic E-state index is -0.794. The molecule has 19 heavy (non-hydrogen) atoms. The molecule has 1 aliphatic heterocycles. The maximum atomic E-state index is 13.4. The molecule has 4 N–H and O–H groups in total. The van der Waals surface area contributed by atoms with Gasteiger partial charge in [0.1, 0.15) is 5.69 Å². The summed E-state index contributed by atoms with van der Waals surface area (Å²) in [4.78, 5) is 9.32. The molecule has 1 heterocycles. The van der Waals surface area contributed by atoms with Gasteiger partial charge in [0.15, 0.2) is 17.6 Å². The smallest absolute Gasteiger partial charge is 0.223 e.